The summed E-state index contributed by atoms with van der Waals surface area (Å²) in [6.45, 7) is 6.80. The minimum atomic E-state index is 0. The molecule has 0 aliphatic heterocycles. The molecule has 172 valence electrons. The Balaban J connectivity index is 0.00000363. The Morgan fingerprint density at radius 2 is 1.84 bits per heavy atom. The van der Waals surface area contributed by atoms with Crippen LogP contribution in [0.4, 0.5) is 0 Å². The lowest BCUT2D eigenvalue weighted by Crippen LogP contribution is -2.36. The summed E-state index contributed by atoms with van der Waals surface area (Å²) in [5.41, 5.74) is 3.20. The molecule has 1 heterocycles. The molecule has 0 saturated carbocycles. The van der Waals surface area contributed by atoms with Crippen molar-refractivity contribution in [3.8, 4) is 17.1 Å². The van der Waals surface area contributed by atoms with Crippen LogP contribution in [0.3, 0.4) is 0 Å². The molecule has 0 amide bonds. The van der Waals surface area contributed by atoms with Gasteiger partial charge in [0.1, 0.15) is 12.4 Å². The Morgan fingerprint density at radius 1 is 1.06 bits per heavy atom. The molecule has 0 unspecified atom stereocenters. The van der Waals surface area contributed by atoms with Crippen molar-refractivity contribution in [2.45, 2.75) is 26.9 Å². The van der Waals surface area contributed by atoms with Crippen molar-refractivity contribution in [2.75, 3.05) is 26.9 Å². The largest absolute Gasteiger partial charge is 0.491 e. The Morgan fingerprint density at radius 3 is 2.59 bits per heavy atom. The maximum absolute atomic E-state index is 5.91. The van der Waals surface area contributed by atoms with E-state index in [0.29, 0.717) is 44.8 Å². The summed E-state index contributed by atoms with van der Waals surface area (Å²) >= 11 is 0. The van der Waals surface area contributed by atoms with Gasteiger partial charge in [-0.3, -0.25) is 4.99 Å². The maximum Gasteiger partial charge on any atom is 0.214 e. The lowest BCUT2D eigenvalue weighted by Gasteiger charge is -2.15. The summed E-state index contributed by atoms with van der Waals surface area (Å²) in [5.74, 6) is 2.84. The minimum Gasteiger partial charge on any atom is -0.491 e. The van der Waals surface area contributed by atoms with Gasteiger partial charge in [-0.25, -0.2) is 4.98 Å². The van der Waals surface area contributed by atoms with Gasteiger partial charge in [-0.15, -0.1) is 24.0 Å². The molecule has 0 spiro atoms. The highest BCUT2D eigenvalue weighted by molar-refractivity contribution is 14.0. The lowest BCUT2D eigenvalue weighted by molar-refractivity contribution is 0.110. The van der Waals surface area contributed by atoms with Gasteiger partial charge < -0.3 is 24.5 Å². The first-order valence-electron chi connectivity index (χ1n) is 10.4. The quantitative estimate of drug-likeness (QED) is 0.167. The fraction of sp³-hybridized carbons (Fsp3) is 0.333. The zero-order valence-electron chi connectivity index (χ0n) is 18.8. The monoisotopic (exact) mass is 550 g/mol. The number of oxazole rings is 1. The number of nitrogens with zero attached hydrogens (tertiary/aromatic N) is 2. The fourth-order valence-corrected chi connectivity index (χ4v) is 2.98. The predicted octanol–water partition coefficient (Wildman–Crippen LogP) is 4.55. The molecule has 2 aromatic carbocycles. The van der Waals surface area contributed by atoms with Gasteiger partial charge >= 0.3 is 0 Å². The number of aryl methyl sites for hydroxylation is 1. The summed E-state index contributed by atoms with van der Waals surface area (Å²) in [6, 6.07) is 16.1. The van der Waals surface area contributed by atoms with Crippen molar-refractivity contribution in [1.29, 1.82) is 0 Å². The fourth-order valence-electron chi connectivity index (χ4n) is 2.98. The zero-order valence-corrected chi connectivity index (χ0v) is 21.1. The van der Waals surface area contributed by atoms with Crippen LogP contribution in [0.15, 0.2) is 64.1 Å². The number of aromatic nitrogens is 1. The van der Waals surface area contributed by atoms with E-state index < -0.39 is 0 Å². The van der Waals surface area contributed by atoms with Crippen LogP contribution in [0.2, 0.25) is 0 Å². The molecule has 3 aromatic rings. The zero-order chi connectivity index (χ0) is 21.9. The molecule has 0 aliphatic rings. The van der Waals surface area contributed by atoms with Crippen molar-refractivity contribution >= 4 is 29.9 Å². The van der Waals surface area contributed by atoms with E-state index in [1.807, 2.05) is 50.2 Å². The minimum absolute atomic E-state index is 0. The standard InChI is InChI=1S/C24H30N4O3.HI/c1-4-29-12-13-30-21-14-18(2)10-11-20(21)15-27-24(25-3)28-17-23-26-16-22(31-23)19-8-6-5-7-9-19;/h5-11,14,16H,4,12-13,15,17H2,1-3H3,(H2,25,27,28);1H. The van der Waals surface area contributed by atoms with Crippen molar-refractivity contribution in [2.24, 2.45) is 4.99 Å². The highest BCUT2D eigenvalue weighted by atomic mass is 127. The molecule has 0 aliphatic carbocycles. The molecule has 7 nitrogen and oxygen atoms in total. The van der Waals surface area contributed by atoms with Crippen LogP contribution in [-0.2, 0) is 17.8 Å². The Labute approximate surface area is 206 Å². The molecule has 0 radical (unpaired) electrons. The third-order valence-corrected chi connectivity index (χ3v) is 4.60. The Kier molecular flexibility index (Phi) is 11.0. The van der Waals surface area contributed by atoms with E-state index in [1.54, 1.807) is 13.2 Å². The third kappa shape index (κ3) is 7.83. The number of hydrogen-bond acceptors (Lipinski definition) is 5. The normalized spacial score (nSPS) is 11.0. The predicted molar refractivity (Wildman–Crippen MR) is 138 cm³/mol. The van der Waals surface area contributed by atoms with E-state index in [2.05, 4.69) is 32.7 Å². The van der Waals surface area contributed by atoms with E-state index in [-0.39, 0.29) is 24.0 Å². The first-order valence-corrected chi connectivity index (χ1v) is 10.4. The number of rotatable bonds is 10. The number of guanidine groups is 1. The molecule has 8 heteroatoms. The molecule has 3 rings (SSSR count). The summed E-state index contributed by atoms with van der Waals surface area (Å²) in [4.78, 5) is 8.63. The lowest BCUT2D eigenvalue weighted by atomic mass is 10.1. The highest BCUT2D eigenvalue weighted by Crippen LogP contribution is 2.21. The second-order valence-electron chi connectivity index (χ2n) is 6.92. The highest BCUT2D eigenvalue weighted by Gasteiger charge is 2.09. The topological polar surface area (TPSA) is 80.9 Å². The van der Waals surface area contributed by atoms with Crippen LogP contribution in [0, 0.1) is 6.92 Å². The third-order valence-electron chi connectivity index (χ3n) is 4.60. The Hall–Kier alpha value is -2.59. The van der Waals surface area contributed by atoms with E-state index in [1.165, 1.54) is 0 Å². The number of aliphatic imine (C=N–C) groups is 1. The molecular weight excluding hydrogens is 519 g/mol. The van der Waals surface area contributed by atoms with E-state index in [9.17, 15) is 0 Å². The molecule has 2 N–H and O–H groups in total. The van der Waals surface area contributed by atoms with Crippen molar-refractivity contribution < 1.29 is 13.9 Å². The number of benzene rings is 2. The first kappa shape index (κ1) is 25.7. The number of nitrogens with one attached hydrogen (secondary N) is 2. The molecular formula is C24H31IN4O3. The van der Waals surface area contributed by atoms with Gasteiger partial charge in [-0.05, 0) is 25.5 Å². The van der Waals surface area contributed by atoms with Crippen LogP contribution in [0.5, 0.6) is 5.75 Å². The average molecular weight is 550 g/mol. The number of halogens is 1. The summed E-state index contributed by atoms with van der Waals surface area (Å²) < 4.78 is 17.1. The van der Waals surface area contributed by atoms with Gasteiger partial charge in [0.15, 0.2) is 11.7 Å². The van der Waals surface area contributed by atoms with Crippen LogP contribution in [0.25, 0.3) is 11.3 Å². The van der Waals surface area contributed by atoms with Crippen molar-refractivity contribution in [3.63, 3.8) is 0 Å². The van der Waals surface area contributed by atoms with E-state index in [4.69, 9.17) is 13.9 Å². The molecule has 1 aromatic heterocycles. The van der Waals surface area contributed by atoms with Gasteiger partial charge in [0.05, 0.1) is 19.3 Å². The molecule has 32 heavy (non-hydrogen) atoms. The molecule has 0 bridgehead atoms. The smallest absolute Gasteiger partial charge is 0.214 e. The molecule has 0 saturated heterocycles. The second kappa shape index (κ2) is 13.7. The van der Waals surface area contributed by atoms with Gasteiger partial charge in [0, 0.05) is 31.3 Å². The maximum atomic E-state index is 5.91. The van der Waals surface area contributed by atoms with Crippen molar-refractivity contribution in [3.05, 3.63) is 71.7 Å². The summed E-state index contributed by atoms with van der Waals surface area (Å²) in [6.07, 6.45) is 1.74. The molecule has 0 fully saturated rings. The van der Waals surface area contributed by atoms with Crippen LogP contribution < -0.4 is 15.4 Å². The number of hydrogen-bond donors (Lipinski definition) is 2. The molecule has 0 atom stereocenters. The first-order chi connectivity index (χ1) is 15.2. The SMILES string of the molecule is CCOCCOc1cc(C)ccc1CNC(=NC)NCc1ncc(-c2ccccc2)o1.I. The van der Waals surface area contributed by atoms with Gasteiger partial charge in [0.25, 0.3) is 0 Å². The van der Waals surface area contributed by atoms with Gasteiger partial charge in [0.2, 0.25) is 5.89 Å². The van der Waals surface area contributed by atoms with Crippen molar-refractivity contribution in [1.82, 2.24) is 15.6 Å². The second-order valence-corrected chi connectivity index (χ2v) is 6.92. The van der Waals surface area contributed by atoms with Gasteiger partial charge in [-0.1, -0.05) is 42.5 Å². The van der Waals surface area contributed by atoms with Crippen LogP contribution in [0.1, 0.15) is 23.9 Å². The summed E-state index contributed by atoms with van der Waals surface area (Å²) in [7, 11) is 1.73. The summed E-state index contributed by atoms with van der Waals surface area (Å²) in [5, 5.41) is 6.55. The Bertz CT molecular complexity index is 976. The van der Waals surface area contributed by atoms with E-state index in [0.717, 1.165) is 28.2 Å². The van der Waals surface area contributed by atoms with Gasteiger partial charge in [-0.2, -0.15) is 0 Å². The van der Waals surface area contributed by atoms with E-state index >= 15 is 0 Å². The average Bonchev–Trinajstić information content (AvgIpc) is 3.27. The number of ether oxygens (including phenoxy) is 2. The van der Waals surface area contributed by atoms with Crippen LogP contribution >= 0.6 is 24.0 Å². The van der Waals surface area contributed by atoms with Crippen LogP contribution in [-0.4, -0.2) is 37.8 Å².